The molecule has 2 aliphatic heterocycles. The summed E-state index contributed by atoms with van der Waals surface area (Å²) < 4.78 is 2.58. The Kier molecular flexibility index (Phi) is 6.36. The van der Waals surface area contributed by atoms with Gasteiger partial charge in [-0.2, -0.15) is 0 Å². The molecule has 0 radical (unpaired) electrons. The van der Waals surface area contributed by atoms with Crippen molar-refractivity contribution in [2.24, 2.45) is 20.0 Å². The van der Waals surface area contributed by atoms with E-state index in [4.69, 9.17) is 0 Å². The van der Waals surface area contributed by atoms with Gasteiger partial charge in [0.2, 0.25) is 5.91 Å². The second-order valence-electron chi connectivity index (χ2n) is 7.72. The van der Waals surface area contributed by atoms with Gasteiger partial charge in [0.1, 0.15) is 5.82 Å². The number of aromatic nitrogens is 2. The van der Waals surface area contributed by atoms with Crippen LogP contribution in [0.3, 0.4) is 0 Å². The summed E-state index contributed by atoms with van der Waals surface area (Å²) in [7, 11) is 3.14. The van der Waals surface area contributed by atoms with Crippen LogP contribution >= 0.6 is 0 Å². The van der Waals surface area contributed by atoms with Crippen molar-refractivity contribution in [2.45, 2.75) is 32.1 Å². The average Bonchev–Trinajstić information content (AvgIpc) is 2.70. The highest BCUT2D eigenvalue weighted by atomic mass is 16.2. The summed E-state index contributed by atoms with van der Waals surface area (Å²) in [5.74, 6) is 0.554. The van der Waals surface area contributed by atoms with E-state index in [1.54, 1.807) is 7.05 Å². The van der Waals surface area contributed by atoms with E-state index in [2.05, 4.69) is 10.2 Å². The van der Waals surface area contributed by atoms with E-state index in [1.807, 2.05) is 4.90 Å². The van der Waals surface area contributed by atoms with E-state index < -0.39 is 0 Å². The van der Waals surface area contributed by atoms with Gasteiger partial charge in [-0.3, -0.25) is 18.7 Å². The lowest BCUT2D eigenvalue weighted by atomic mass is 9.97. The van der Waals surface area contributed by atoms with Crippen molar-refractivity contribution in [3.8, 4) is 0 Å². The molecule has 0 spiro atoms. The monoisotopic (exact) mass is 377 g/mol. The van der Waals surface area contributed by atoms with Crippen LogP contribution in [-0.2, 0) is 18.9 Å². The number of nitrogens with zero attached hydrogens (tertiary/aromatic N) is 4. The third-order valence-electron chi connectivity index (χ3n) is 5.79. The summed E-state index contributed by atoms with van der Waals surface area (Å²) >= 11 is 0. The fourth-order valence-electron chi connectivity index (χ4n) is 4.09. The number of amides is 1. The Hall–Kier alpha value is -2.09. The Morgan fingerprint density at radius 3 is 2.56 bits per heavy atom. The highest BCUT2D eigenvalue weighted by Gasteiger charge is 2.27. The van der Waals surface area contributed by atoms with Gasteiger partial charge in [0.25, 0.3) is 5.56 Å². The summed E-state index contributed by atoms with van der Waals surface area (Å²) in [5, 5.41) is 3.08. The molecule has 1 aromatic rings. The number of nitrogens with one attached hydrogen (secondary N) is 1. The predicted molar refractivity (Wildman–Crippen MR) is 105 cm³/mol. The number of likely N-dealkylation sites (tertiary alicyclic amines) is 1. The second kappa shape index (κ2) is 8.73. The third-order valence-corrected chi connectivity index (χ3v) is 5.79. The van der Waals surface area contributed by atoms with Gasteiger partial charge < -0.3 is 15.1 Å². The Bertz CT molecular complexity index is 779. The van der Waals surface area contributed by atoms with E-state index in [9.17, 15) is 14.4 Å². The van der Waals surface area contributed by atoms with E-state index >= 15 is 0 Å². The van der Waals surface area contributed by atoms with Gasteiger partial charge in [-0.15, -0.1) is 0 Å². The van der Waals surface area contributed by atoms with Gasteiger partial charge in [-0.05, 0) is 38.8 Å². The molecule has 1 N–H and O–H groups in total. The molecule has 1 unspecified atom stereocenters. The number of carbonyl (C=O) groups excluding carboxylic acids is 1. The van der Waals surface area contributed by atoms with E-state index in [0.717, 1.165) is 43.6 Å². The molecular weight excluding hydrogens is 346 g/mol. The number of piperidine rings is 2. The van der Waals surface area contributed by atoms with Crippen LogP contribution in [0.15, 0.2) is 15.7 Å². The zero-order valence-corrected chi connectivity index (χ0v) is 16.4. The van der Waals surface area contributed by atoms with Gasteiger partial charge in [-0.25, -0.2) is 4.79 Å². The molecule has 3 heterocycles. The minimum atomic E-state index is -0.342. The minimum absolute atomic E-state index is 0.0746. The lowest BCUT2D eigenvalue weighted by molar-refractivity contribution is -0.125. The Morgan fingerprint density at radius 1 is 1.07 bits per heavy atom. The molecule has 2 aliphatic rings. The average molecular weight is 377 g/mol. The Labute approximate surface area is 159 Å². The van der Waals surface area contributed by atoms with E-state index in [-0.39, 0.29) is 23.1 Å². The van der Waals surface area contributed by atoms with Crippen molar-refractivity contribution in [2.75, 3.05) is 44.2 Å². The molecule has 2 saturated heterocycles. The standard InChI is InChI=1S/C19H31N5O3/c1-21-16(13-17(25)22(2)19(21)27)24-11-6-7-15(14-24)18(26)20-8-12-23-9-4-3-5-10-23/h13,15H,3-12,14H2,1-2H3,(H,20,26). The molecule has 0 aromatic carbocycles. The fraction of sp³-hybridized carbons (Fsp3) is 0.737. The van der Waals surface area contributed by atoms with Crippen molar-refractivity contribution in [3.63, 3.8) is 0 Å². The van der Waals surface area contributed by atoms with Crippen LogP contribution in [0.1, 0.15) is 32.1 Å². The molecule has 1 amide bonds. The molecule has 2 fully saturated rings. The molecule has 0 bridgehead atoms. The first-order valence-corrected chi connectivity index (χ1v) is 9.99. The maximum absolute atomic E-state index is 12.6. The molecule has 0 aliphatic carbocycles. The van der Waals surface area contributed by atoms with Crippen molar-refractivity contribution in [3.05, 3.63) is 26.9 Å². The number of anilines is 1. The molecule has 1 atom stereocenters. The van der Waals surface area contributed by atoms with Crippen molar-refractivity contribution < 1.29 is 4.79 Å². The summed E-state index contributed by atoms with van der Waals surface area (Å²) in [4.78, 5) is 41.2. The largest absolute Gasteiger partial charge is 0.357 e. The fourth-order valence-corrected chi connectivity index (χ4v) is 4.09. The number of carbonyl (C=O) groups is 1. The smallest absolute Gasteiger partial charge is 0.332 e. The Morgan fingerprint density at radius 2 is 1.81 bits per heavy atom. The van der Waals surface area contributed by atoms with Crippen LogP contribution in [0.25, 0.3) is 0 Å². The number of hydrogen-bond donors (Lipinski definition) is 1. The SMILES string of the molecule is Cn1c(N2CCCC(C(=O)NCCN3CCCCC3)C2)cc(=O)n(C)c1=O. The van der Waals surface area contributed by atoms with Crippen molar-refractivity contribution >= 4 is 11.7 Å². The van der Waals surface area contributed by atoms with Crippen LogP contribution in [-0.4, -0.2) is 59.2 Å². The first-order valence-electron chi connectivity index (χ1n) is 9.99. The van der Waals surface area contributed by atoms with Gasteiger partial charge in [0, 0.05) is 46.3 Å². The molecule has 27 heavy (non-hydrogen) atoms. The molecule has 1 aromatic heterocycles. The summed E-state index contributed by atoms with van der Waals surface area (Å²) in [6.07, 6.45) is 5.52. The highest BCUT2D eigenvalue weighted by Crippen LogP contribution is 2.21. The first kappa shape index (κ1) is 19.7. The number of hydrogen-bond acceptors (Lipinski definition) is 5. The molecule has 8 nitrogen and oxygen atoms in total. The lowest BCUT2D eigenvalue weighted by Gasteiger charge is -2.34. The maximum atomic E-state index is 12.6. The summed E-state index contributed by atoms with van der Waals surface area (Å²) in [5.41, 5.74) is -0.660. The molecular formula is C19H31N5O3. The van der Waals surface area contributed by atoms with Gasteiger partial charge in [-0.1, -0.05) is 6.42 Å². The van der Waals surface area contributed by atoms with E-state index in [0.29, 0.717) is 18.9 Å². The van der Waals surface area contributed by atoms with Gasteiger partial charge >= 0.3 is 5.69 Å². The topological polar surface area (TPSA) is 79.6 Å². The van der Waals surface area contributed by atoms with Crippen LogP contribution in [0, 0.1) is 5.92 Å². The maximum Gasteiger partial charge on any atom is 0.332 e. The van der Waals surface area contributed by atoms with Crippen molar-refractivity contribution in [1.82, 2.24) is 19.4 Å². The van der Waals surface area contributed by atoms with Crippen LogP contribution in [0.2, 0.25) is 0 Å². The van der Waals surface area contributed by atoms with Gasteiger partial charge in [0.15, 0.2) is 0 Å². The Balaban J connectivity index is 1.58. The van der Waals surface area contributed by atoms with E-state index in [1.165, 1.54) is 36.9 Å². The zero-order valence-electron chi connectivity index (χ0n) is 16.4. The highest BCUT2D eigenvalue weighted by molar-refractivity contribution is 5.79. The lowest BCUT2D eigenvalue weighted by Crippen LogP contribution is -2.47. The molecule has 8 heteroatoms. The van der Waals surface area contributed by atoms with Crippen LogP contribution in [0.4, 0.5) is 5.82 Å². The third kappa shape index (κ3) is 4.61. The second-order valence-corrected chi connectivity index (χ2v) is 7.72. The predicted octanol–water partition coefficient (Wildman–Crippen LogP) is -0.0975. The molecule has 0 saturated carbocycles. The minimum Gasteiger partial charge on any atom is -0.357 e. The normalized spacial score (nSPS) is 21.3. The van der Waals surface area contributed by atoms with Crippen molar-refractivity contribution in [1.29, 1.82) is 0 Å². The first-order chi connectivity index (χ1) is 13.0. The molecule has 150 valence electrons. The quantitative estimate of drug-likeness (QED) is 0.775. The number of rotatable bonds is 5. The summed E-state index contributed by atoms with van der Waals surface area (Å²) in [6, 6.07) is 1.48. The summed E-state index contributed by atoms with van der Waals surface area (Å²) in [6.45, 7) is 5.13. The zero-order chi connectivity index (χ0) is 19.4. The van der Waals surface area contributed by atoms with Gasteiger partial charge in [0.05, 0.1) is 5.92 Å². The van der Waals surface area contributed by atoms with Crippen LogP contribution in [0.5, 0.6) is 0 Å². The van der Waals surface area contributed by atoms with Crippen LogP contribution < -0.4 is 21.5 Å². The molecule has 3 rings (SSSR count).